The number of aliphatic hydroxyl groups excluding tert-OH is 1. The summed E-state index contributed by atoms with van der Waals surface area (Å²) in [6.07, 6.45) is 1.94. The van der Waals surface area contributed by atoms with E-state index in [1.165, 1.54) is 0 Å². The number of furan rings is 1. The van der Waals surface area contributed by atoms with Crippen molar-refractivity contribution in [1.29, 1.82) is 0 Å². The summed E-state index contributed by atoms with van der Waals surface area (Å²) in [5.41, 5.74) is -0.134. The molecule has 0 amide bonds. The van der Waals surface area contributed by atoms with Gasteiger partial charge in [0.25, 0.3) is 5.76 Å². The largest absolute Gasteiger partial charge is 0.464 e. The molecule has 0 saturated heterocycles. The van der Waals surface area contributed by atoms with Crippen LogP contribution in [0.25, 0.3) is 0 Å². The molecule has 0 unspecified atom stereocenters. The van der Waals surface area contributed by atoms with Gasteiger partial charge in [0.05, 0.1) is 18.9 Å². The molecule has 2 rings (SSSR count). The smallest absolute Gasteiger partial charge is 0.284 e. The molecule has 17 heavy (non-hydrogen) atoms. The van der Waals surface area contributed by atoms with Crippen molar-refractivity contribution in [2.24, 2.45) is 0 Å². The lowest BCUT2D eigenvalue weighted by atomic mass is 10.3. The molecule has 1 aromatic heterocycles. The minimum atomic E-state index is -2.37. The zero-order chi connectivity index (χ0) is 12.3. The number of hydrogen-bond donors (Lipinski definition) is 2. The molecule has 0 bridgehead atoms. The average molecular weight is 263 g/mol. The lowest BCUT2D eigenvalue weighted by Gasteiger charge is -2.12. The maximum absolute atomic E-state index is 12.0. The molecular formula is C11H15F2NO2S. The standard InChI is InChI=1S/C11H15F2NO2S/c12-10(13)17-6-9-2-1-8(16-9)5-14-11(7-15)3-4-11/h1-2,10,14-15H,3-7H2. The number of thioether (sulfide) groups is 1. The van der Waals surface area contributed by atoms with Gasteiger partial charge in [-0.3, -0.25) is 0 Å². The zero-order valence-corrected chi connectivity index (χ0v) is 10.1. The Bertz CT molecular complexity index is 366. The van der Waals surface area contributed by atoms with Crippen molar-refractivity contribution < 1.29 is 18.3 Å². The Labute approximate surface area is 103 Å². The predicted octanol–water partition coefficient (Wildman–Crippen LogP) is 2.35. The highest BCUT2D eigenvalue weighted by Crippen LogP contribution is 2.34. The topological polar surface area (TPSA) is 45.4 Å². The Balaban J connectivity index is 1.78. The first-order chi connectivity index (χ1) is 8.13. The van der Waals surface area contributed by atoms with Crippen molar-refractivity contribution >= 4 is 11.8 Å². The average Bonchev–Trinajstić information content (AvgIpc) is 2.96. The second-order valence-electron chi connectivity index (χ2n) is 4.23. The van der Waals surface area contributed by atoms with Gasteiger partial charge >= 0.3 is 0 Å². The molecule has 0 spiro atoms. The van der Waals surface area contributed by atoms with Gasteiger partial charge < -0.3 is 14.8 Å². The van der Waals surface area contributed by atoms with Crippen molar-refractivity contribution in [2.75, 3.05) is 6.61 Å². The second-order valence-corrected chi connectivity index (χ2v) is 5.21. The minimum Gasteiger partial charge on any atom is -0.464 e. The molecule has 1 aromatic rings. The molecule has 1 fully saturated rings. The van der Waals surface area contributed by atoms with E-state index in [0.29, 0.717) is 24.1 Å². The molecule has 1 heterocycles. The lowest BCUT2D eigenvalue weighted by Crippen LogP contribution is -2.33. The first kappa shape index (κ1) is 12.9. The van der Waals surface area contributed by atoms with Gasteiger partial charge in [0, 0.05) is 5.54 Å². The van der Waals surface area contributed by atoms with E-state index >= 15 is 0 Å². The monoisotopic (exact) mass is 263 g/mol. The number of nitrogens with one attached hydrogen (secondary N) is 1. The van der Waals surface area contributed by atoms with Gasteiger partial charge in [-0.15, -0.1) is 0 Å². The lowest BCUT2D eigenvalue weighted by molar-refractivity contribution is 0.226. The van der Waals surface area contributed by atoms with Crippen LogP contribution in [0.5, 0.6) is 0 Å². The van der Waals surface area contributed by atoms with Gasteiger partial charge in [-0.2, -0.15) is 8.78 Å². The third-order valence-corrected chi connectivity index (χ3v) is 3.57. The summed E-state index contributed by atoms with van der Waals surface area (Å²) in [6.45, 7) is 0.654. The summed E-state index contributed by atoms with van der Waals surface area (Å²) in [4.78, 5) is 0. The van der Waals surface area contributed by atoms with Crippen molar-refractivity contribution in [1.82, 2.24) is 5.32 Å². The molecule has 6 heteroatoms. The van der Waals surface area contributed by atoms with Gasteiger partial charge in [-0.05, 0) is 25.0 Å². The van der Waals surface area contributed by atoms with E-state index in [-0.39, 0.29) is 17.9 Å². The van der Waals surface area contributed by atoms with Crippen LogP contribution in [0.2, 0.25) is 0 Å². The van der Waals surface area contributed by atoms with Crippen LogP contribution in [0.3, 0.4) is 0 Å². The fourth-order valence-corrected chi connectivity index (χ4v) is 2.00. The highest BCUT2D eigenvalue weighted by Gasteiger charge is 2.41. The van der Waals surface area contributed by atoms with Crippen molar-refractivity contribution in [2.45, 2.75) is 36.4 Å². The van der Waals surface area contributed by atoms with Crippen LogP contribution >= 0.6 is 11.8 Å². The Morgan fingerprint density at radius 1 is 1.41 bits per heavy atom. The normalized spacial score (nSPS) is 17.6. The summed E-state index contributed by atoms with van der Waals surface area (Å²) in [6, 6.07) is 3.49. The maximum Gasteiger partial charge on any atom is 0.284 e. The fraction of sp³-hybridized carbons (Fsp3) is 0.636. The molecule has 3 nitrogen and oxygen atoms in total. The SMILES string of the molecule is OCC1(NCc2ccc(CSC(F)F)o2)CC1. The van der Waals surface area contributed by atoms with Crippen LogP contribution < -0.4 is 5.32 Å². The molecule has 2 N–H and O–H groups in total. The summed E-state index contributed by atoms with van der Waals surface area (Å²) >= 11 is 0.551. The second kappa shape index (κ2) is 5.37. The first-order valence-corrected chi connectivity index (χ1v) is 6.52. The van der Waals surface area contributed by atoms with E-state index in [1.807, 2.05) is 0 Å². The number of alkyl halides is 2. The van der Waals surface area contributed by atoms with Crippen LogP contribution in [0.1, 0.15) is 24.4 Å². The zero-order valence-electron chi connectivity index (χ0n) is 9.29. The van der Waals surface area contributed by atoms with Crippen molar-refractivity contribution in [3.8, 4) is 0 Å². The van der Waals surface area contributed by atoms with Gasteiger partial charge in [-0.1, -0.05) is 11.8 Å². The van der Waals surface area contributed by atoms with E-state index in [9.17, 15) is 8.78 Å². The molecule has 1 aliphatic rings. The molecule has 0 radical (unpaired) electrons. The molecule has 96 valence electrons. The third-order valence-electron chi connectivity index (χ3n) is 2.86. The van der Waals surface area contributed by atoms with Crippen LogP contribution in [0.4, 0.5) is 8.78 Å². The van der Waals surface area contributed by atoms with Crippen LogP contribution in [-0.4, -0.2) is 23.0 Å². The Kier molecular flexibility index (Phi) is 4.06. The van der Waals surface area contributed by atoms with Crippen LogP contribution in [0, 0.1) is 0 Å². The van der Waals surface area contributed by atoms with Gasteiger partial charge in [-0.25, -0.2) is 0 Å². The van der Waals surface area contributed by atoms with Crippen LogP contribution in [-0.2, 0) is 12.3 Å². The maximum atomic E-state index is 12.0. The summed E-state index contributed by atoms with van der Waals surface area (Å²) < 4.78 is 29.3. The molecule has 1 saturated carbocycles. The Morgan fingerprint density at radius 2 is 2.12 bits per heavy atom. The van der Waals surface area contributed by atoms with Gasteiger partial charge in [0.15, 0.2) is 0 Å². The highest BCUT2D eigenvalue weighted by molar-refractivity contribution is 7.98. The number of rotatable bonds is 7. The van der Waals surface area contributed by atoms with Crippen LogP contribution in [0.15, 0.2) is 16.5 Å². The summed E-state index contributed by atoms with van der Waals surface area (Å²) in [5.74, 6) is -0.913. The molecule has 0 aromatic carbocycles. The predicted molar refractivity (Wildman–Crippen MR) is 61.9 cm³/mol. The van der Waals surface area contributed by atoms with Crippen molar-refractivity contribution in [3.63, 3.8) is 0 Å². The third kappa shape index (κ3) is 3.69. The van der Waals surface area contributed by atoms with E-state index in [4.69, 9.17) is 9.52 Å². The fourth-order valence-electron chi connectivity index (χ4n) is 1.56. The van der Waals surface area contributed by atoms with E-state index < -0.39 is 5.76 Å². The first-order valence-electron chi connectivity index (χ1n) is 5.47. The highest BCUT2D eigenvalue weighted by atomic mass is 32.2. The molecular weight excluding hydrogens is 248 g/mol. The number of halogens is 2. The molecule has 0 atom stereocenters. The summed E-state index contributed by atoms with van der Waals surface area (Å²) in [5, 5.41) is 12.3. The van der Waals surface area contributed by atoms with Crippen molar-refractivity contribution in [3.05, 3.63) is 23.7 Å². The van der Waals surface area contributed by atoms with Gasteiger partial charge in [0.2, 0.25) is 0 Å². The Morgan fingerprint density at radius 3 is 2.71 bits per heavy atom. The Hall–Kier alpha value is -0.590. The minimum absolute atomic E-state index is 0.127. The molecule has 1 aliphatic carbocycles. The van der Waals surface area contributed by atoms with E-state index in [2.05, 4.69) is 5.32 Å². The van der Waals surface area contributed by atoms with E-state index in [1.54, 1.807) is 12.1 Å². The molecule has 0 aliphatic heterocycles. The summed E-state index contributed by atoms with van der Waals surface area (Å²) in [7, 11) is 0. The number of hydrogen-bond acceptors (Lipinski definition) is 4. The number of aliphatic hydroxyl groups is 1. The quantitative estimate of drug-likeness (QED) is 0.792. The van der Waals surface area contributed by atoms with E-state index in [0.717, 1.165) is 18.6 Å². The van der Waals surface area contributed by atoms with Gasteiger partial charge in [0.1, 0.15) is 11.5 Å².